The van der Waals surface area contributed by atoms with Gasteiger partial charge in [-0.3, -0.25) is 9.36 Å². The highest BCUT2D eigenvalue weighted by Gasteiger charge is 2.33. The van der Waals surface area contributed by atoms with Crippen molar-refractivity contribution in [2.45, 2.75) is 32.7 Å². The zero-order valence-corrected chi connectivity index (χ0v) is 20.8. The third-order valence-electron chi connectivity index (χ3n) is 6.25. The lowest BCUT2D eigenvalue weighted by Gasteiger charge is -2.24. The summed E-state index contributed by atoms with van der Waals surface area (Å²) in [4.78, 5) is 34.0. The molecule has 0 spiro atoms. The third-order valence-corrected chi connectivity index (χ3v) is 7.24. The number of methoxy groups -OCH3 is 1. The molecular weight excluding hydrogens is 466 g/mol. The Balaban J connectivity index is 1.62. The fourth-order valence-corrected chi connectivity index (χ4v) is 5.58. The van der Waals surface area contributed by atoms with Gasteiger partial charge in [-0.2, -0.15) is 0 Å². The first-order valence-electron chi connectivity index (χ1n) is 11.7. The van der Waals surface area contributed by atoms with Crippen LogP contribution in [0.4, 0.5) is 5.88 Å². The molecule has 35 heavy (non-hydrogen) atoms. The maximum Gasteiger partial charge on any atom is 0.338 e. The molecule has 1 atom stereocenters. The number of nitrogens with zero attached hydrogens (tertiary/aromatic N) is 3. The molecule has 1 aromatic carbocycles. The second-order valence-corrected chi connectivity index (χ2v) is 9.45. The zero-order chi connectivity index (χ0) is 24.5. The summed E-state index contributed by atoms with van der Waals surface area (Å²) in [7, 11) is 1.59. The molecule has 2 aliphatic rings. The van der Waals surface area contributed by atoms with E-state index < -0.39 is 12.0 Å². The Kier molecular flexibility index (Phi) is 6.34. The van der Waals surface area contributed by atoms with Crippen LogP contribution in [-0.4, -0.2) is 37.3 Å². The quantitative estimate of drug-likeness (QED) is 0.491. The maximum absolute atomic E-state index is 13.7. The van der Waals surface area contributed by atoms with Gasteiger partial charge in [0, 0.05) is 25.2 Å². The van der Waals surface area contributed by atoms with Gasteiger partial charge in [0.1, 0.15) is 11.5 Å². The number of carbonyl (C=O) groups is 1. The lowest BCUT2D eigenvalue weighted by molar-refractivity contribution is -0.139. The van der Waals surface area contributed by atoms with Crippen molar-refractivity contribution in [1.29, 1.82) is 0 Å². The molecule has 0 N–H and O–H groups in total. The minimum Gasteiger partial charge on any atom is -0.497 e. The normalized spacial score (nSPS) is 18.0. The smallest absolute Gasteiger partial charge is 0.338 e. The summed E-state index contributed by atoms with van der Waals surface area (Å²) in [6.07, 6.45) is 4.06. The number of fused-ring (bicyclic) bond motifs is 1. The average Bonchev–Trinajstić information content (AvgIpc) is 3.60. The largest absolute Gasteiger partial charge is 0.497 e. The van der Waals surface area contributed by atoms with Crippen LogP contribution in [-0.2, 0) is 9.53 Å². The number of carbonyl (C=O) groups excluding carboxylic acids is 1. The Morgan fingerprint density at radius 1 is 1.20 bits per heavy atom. The minimum atomic E-state index is -0.657. The fraction of sp³-hybridized carbons (Fsp3) is 0.346. The second-order valence-electron chi connectivity index (χ2n) is 8.45. The van der Waals surface area contributed by atoms with Crippen molar-refractivity contribution in [3.05, 3.63) is 78.7 Å². The monoisotopic (exact) mass is 493 g/mol. The van der Waals surface area contributed by atoms with Crippen LogP contribution in [0.1, 0.15) is 44.1 Å². The highest BCUT2D eigenvalue weighted by atomic mass is 32.1. The first-order valence-corrected chi connectivity index (χ1v) is 12.5. The van der Waals surface area contributed by atoms with Crippen LogP contribution < -0.4 is 24.5 Å². The second kappa shape index (κ2) is 9.58. The van der Waals surface area contributed by atoms with Gasteiger partial charge in [-0.05, 0) is 50.5 Å². The van der Waals surface area contributed by atoms with E-state index in [0.29, 0.717) is 32.1 Å². The number of rotatable bonds is 6. The Bertz CT molecular complexity index is 1460. The molecule has 0 amide bonds. The Morgan fingerprint density at radius 2 is 1.94 bits per heavy atom. The fourth-order valence-electron chi connectivity index (χ4n) is 4.55. The molecule has 0 aliphatic carbocycles. The van der Waals surface area contributed by atoms with Crippen molar-refractivity contribution < 1.29 is 18.7 Å². The summed E-state index contributed by atoms with van der Waals surface area (Å²) in [5, 5.41) is 0. The van der Waals surface area contributed by atoms with E-state index in [4.69, 9.17) is 13.9 Å². The van der Waals surface area contributed by atoms with E-state index in [1.165, 1.54) is 11.3 Å². The van der Waals surface area contributed by atoms with Crippen molar-refractivity contribution in [2.75, 3.05) is 31.7 Å². The molecule has 1 fully saturated rings. The van der Waals surface area contributed by atoms with E-state index in [1.807, 2.05) is 36.4 Å². The average molecular weight is 494 g/mol. The predicted molar refractivity (Wildman–Crippen MR) is 134 cm³/mol. The first-order chi connectivity index (χ1) is 17.0. The van der Waals surface area contributed by atoms with Crippen LogP contribution in [0.5, 0.6) is 5.75 Å². The number of allylic oxidation sites excluding steroid dienone is 1. The number of ether oxygens (including phenoxy) is 2. The van der Waals surface area contributed by atoms with Crippen LogP contribution >= 0.6 is 11.3 Å². The standard InChI is InChI=1S/C26H27N3O5S/c1-4-33-25(31)22-16(2)27-26-29(23(22)17-7-9-18(32-3)10-8-17)24(30)20(35-26)15-19-11-12-21(34-19)28-13-5-6-14-28/h7-12,15,23H,4-6,13-14H2,1-3H3/b20-15+/t23-/m0/s1. The van der Waals surface area contributed by atoms with Gasteiger partial charge in [0.15, 0.2) is 10.7 Å². The summed E-state index contributed by atoms with van der Waals surface area (Å²) < 4.78 is 18.7. The predicted octanol–water partition coefficient (Wildman–Crippen LogP) is 3.00. The van der Waals surface area contributed by atoms with E-state index in [2.05, 4.69) is 9.89 Å². The summed E-state index contributed by atoms with van der Waals surface area (Å²) in [6.45, 7) is 5.72. The number of aromatic nitrogens is 1. The number of benzene rings is 1. The van der Waals surface area contributed by atoms with Crippen molar-refractivity contribution >= 4 is 29.3 Å². The molecule has 9 heteroatoms. The van der Waals surface area contributed by atoms with E-state index >= 15 is 0 Å². The van der Waals surface area contributed by atoms with Crippen molar-refractivity contribution in [3.63, 3.8) is 0 Å². The third kappa shape index (κ3) is 4.32. The molecule has 5 rings (SSSR count). The van der Waals surface area contributed by atoms with Gasteiger partial charge in [0.05, 0.1) is 35.6 Å². The summed E-state index contributed by atoms with van der Waals surface area (Å²) in [5.74, 6) is 1.63. The van der Waals surface area contributed by atoms with Gasteiger partial charge in [0.25, 0.3) is 5.56 Å². The van der Waals surface area contributed by atoms with Crippen LogP contribution in [0.3, 0.4) is 0 Å². The zero-order valence-electron chi connectivity index (χ0n) is 19.9. The molecule has 3 aromatic rings. The maximum atomic E-state index is 13.7. The number of furan rings is 1. The lowest BCUT2D eigenvalue weighted by Crippen LogP contribution is -2.39. The molecule has 1 saturated heterocycles. The summed E-state index contributed by atoms with van der Waals surface area (Å²) >= 11 is 1.28. The molecule has 2 aromatic heterocycles. The number of anilines is 1. The number of thiazole rings is 1. The van der Waals surface area contributed by atoms with Gasteiger partial charge in [-0.25, -0.2) is 9.79 Å². The lowest BCUT2D eigenvalue weighted by atomic mass is 9.96. The number of hydrogen-bond donors (Lipinski definition) is 0. The van der Waals surface area contributed by atoms with Crippen LogP contribution in [0, 0.1) is 0 Å². The Labute approximate surface area is 206 Å². The van der Waals surface area contributed by atoms with E-state index in [1.54, 1.807) is 31.6 Å². The summed E-state index contributed by atoms with van der Waals surface area (Å²) in [6, 6.07) is 10.5. The topological polar surface area (TPSA) is 86.3 Å². The number of hydrogen-bond acceptors (Lipinski definition) is 8. The molecule has 0 bridgehead atoms. The molecular formula is C26H27N3O5S. The molecule has 0 radical (unpaired) electrons. The van der Waals surface area contributed by atoms with Crippen LogP contribution in [0.15, 0.2) is 61.9 Å². The Hall–Kier alpha value is -3.59. The van der Waals surface area contributed by atoms with Gasteiger partial charge in [-0.1, -0.05) is 23.5 Å². The first kappa shape index (κ1) is 23.2. The highest BCUT2D eigenvalue weighted by molar-refractivity contribution is 7.07. The summed E-state index contributed by atoms with van der Waals surface area (Å²) in [5.41, 5.74) is 1.42. The van der Waals surface area contributed by atoms with Crippen molar-refractivity contribution in [2.24, 2.45) is 4.99 Å². The Morgan fingerprint density at radius 3 is 2.63 bits per heavy atom. The van der Waals surface area contributed by atoms with E-state index in [0.717, 1.165) is 37.4 Å². The molecule has 2 aliphatic heterocycles. The van der Waals surface area contributed by atoms with Gasteiger partial charge >= 0.3 is 5.97 Å². The van der Waals surface area contributed by atoms with Gasteiger partial charge < -0.3 is 18.8 Å². The van der Waals surface area contributed by atoms with Crippen LogP contribution in [0.25, 0.3) is 6.08 Å². The van der Waals surface area contributed by atoms with Gasteiger partial charge in [0.2, 0.25) is 0 Å². The molecule has 0 unspecified atom stereocenters. The van der Waals surface area contributed by atoms with Gasteiger partial charge in [-0.15, -0.1) is 0 Å². The van der Waals surface area contributed by atoms with E-state index in [9.17, 15) is 9.59 Å². The van der Waals surface area contributed by atoms with E-state index in [-0.39, 0.29) is 12.2 Å². The van der Waals surface area contributed by atoms with Crippen LogP contribution in [0.2, 0.25) is 0 Å². The molecule has 182 valence electrons. The molecule has 8 nitrogen and oxygen atoms in total. The minimum absolute atomic E-state index is 0.229. The van der Waals surface area contributed by atoms with Crippen molar-refractivity contribution in [1.82, 2.24) is 4.57 Å². The molecule has 0 saturated carbocycles. The SMILES string of the molecule is CCOC(=O)C1=C(C)N=c2s/c(=C/c3ccc(N4CCCC4)o3)c(=O)n2[C@H]1c1ccc(OC)cc1. The molecule has 4 heterocycles. The van der Waals surface area contributed by atoms with Crippen molar-refractivity contribution in [3.8, 4) is 5.75 Å². The number of esters is 1. The highest BCUT2D eigenvalue weighted by Crippen LogP contribution is 2.31.